The Morgan fingerprint density at radius 2 is 0.932 bits per heavy atom. The predicted molar refractivity (Wildman–Crippen MR) is 155 cm³/mol. The van der Waals surface area contributed by atoms with Gasteiger partial charge in [-0.05, 0) is 10.8 Å². The highest BCUT2D eigenvalue weighted by atomic mass is 16.6. The predicted octanol–water partition coefficient (Wildman–Crippen LogP) is 2.40. The molecule has 6 N–H and O–H groups in total. The number of nitro groups is 2. The number of rotatable bonds is 16. The molecule has 0 aromatic heterocycles. The summed E-state index contributed by atoms with van der Waals surface area (Å²) in [6.45, 7) is 8.81. The first-order valence-electron chi connectivity index (χ1n) is 13.5. The van der Waals surface area contributed by atoms with E-state index in [4.69, 9.17) is 19.7 Å². The summed E-state index contributed by atoms with van der Waals surface area (Å²) in [4.78, 5) is 68.8. The molecule has 0 aliphatic heterocycles. The molecule has 246 valence electrons. The number of carboxylic acid groups (broad SMARTS) is 2. The van der Waals surface area contributed by atoms with Crippen molar-refractivity contribution < 1.29 is 48.7 Å². The average Bonchev–Trinajstić information content (AvgIpc) is 2.87. The van der Waals surface area contributed by atoms with Crippen molar-refractivity contribution in [2.75, 3.05) is 39.4 Å². The number of carbonyl (C=O) groups excluding carboxylic acids is 2. The summed E-state index contributed by atoms with van der Waals surface area (Å²) in [7, 11) is 0. The second kappa shape index (κ2) is 16.1. The maximum Gasteiger partial charge on any atom is 0.404 e. The van der Waals surface area contributed by atoms with Gasteiger partial charge < -0.3 is 41.0 Å². The van der Waals surface area contributed by atoms with Crippen LogP contribution >= 0.6 is 0 Å². The highest BCUT2D eigenvalue weighted by Gasteiger charge is 2.46. The zero-order chi connectivity index (χ0) is 33.8. The van der Waals surface area contributed by atoms with Gasteiger partial charge in [-0.3, -0.25) is 29.8 Å². The molecule has 0 atom stereocenters. The van der Waals surface area contributed by atoms with Crippen molar-refractivity contribution in [1.29, 1.82) is 0 Å². The molecule has 1 aromatic rings. The first kappa shape index (κ1) is 37.1. The van der Waals surface area contributed by atoms with Gasteiger partial charge in [0.05, 0.1) is 47.0 Å². The molecule has 0 bridgehead atoms. The van der Waals surface area contributed by atoms with Crippen LogP contribution in [0.5, 0.6) is 11.5 Å². The lowest BCUT2D eigenvalue weighted by atomic mass is 9.78. The van der Waals surface area contributed by atoms with Gasteiger partial charge in [-0.25, -0.2) is 9.59 Å². The van der Waals surface area contributed by atoms with Crippen LogP contribution in [0.25, 0.3) is 0 Å². The van der Waals surface area contributed by atoms with E-state index in [1.165, 1.54) is 0 Å². The average molecular weight is 629 g/mol. The van der Waals surface area contributed by atoms with Gasteiger partial charge in [-0.2, -0.15) is 0 Å². The van der Waals surface area contributed by atoms with Crippen LogP contribution in [0.4, 0.5) is 21.0 Å². The van der Waals surface area contributed by atoms with Crippen molar-refractivity contribution in [3.05, 3.63) is 31.4 Å². The number of nitrogens with one attached hydrogen (secondary N) is 4. The molecular weight excluding hydrogens is 588 g/mol. The molecule has 18 nitrogen and oxygen atoms in total. The molecule has 0 spiro atoms. The Kier molecular flexibility index (Phi) is 13.6. The van der Waals surface area contributed by atoms with Gasteiger partial charge in [0.2, 0.25) is 11.8 Å². The molecule has 0 aliphatic carbocycles. The van der Waals surface area contributed by atoms with Crippen LogP contribution in [0, 0.1) is 20.2 Å². The third kappa shape index (κ3) is 11.4. The molecule has 0 saturated carbocycles. The largest absolute Gasteiger partial charge is 0.489 e. The van der Waals surface area contributed by atoms with Crippen LogP contribution in [0.15, 0.2) is 0 Å². The standard InChI is InChI=1S/C26H40N6O12/c1-25(2,3)17-19(31(39)40)20(32(41)42)18(26(4,5)6)22(44-14-8-16(34)28-10-12-30-24(37)38)21(17)43-13-7-15(33)27-9-11-29-23(35)36/h29-30H,7-14H2,1-6H3,(H,27,33)(H,28,34)(H,35,36)(H,37,38). The van der Waals surface area contributed by atoms with Gasteiger partial charge >= 0.3 is 23.6 Å². The number of hydrogen-bond donors (Lipinski definition) is 6. The fraction of sp³-hybridized carbons (Fsp3) is 0.615. The molecule has 0 saturated heterocycles. The number of nitro benzene ring substituents is 2. The maximum atomic E-state index is 12.4. The summed E-state index contributed by atoms with van der Waals surface area (Å²) in [5.74, 6) is -1.41. The van der Waals surface area contributed by atoms with E-state index in [2.05, 4.69) is 21.3 Å². The van der Waals surface area contributed by atoms with Crippen molar-refractivity contribution in [2.24, 2.45) is 0 Å². The number of benzene rings is 1. The highest BCUT2D eigenvalue weighted by molar-refractivity contribution is 5.78. The summed E-state index contributed by atoms with van der Waals surface area (Å²) in [6, 6.07) is 0. The van der Waals surface area contributed by atoms with Crippen LogP contribution in [0.3, 0.4) is 0 Å². The van der Waals surface area contributed by atoms with Crippen molar-refractivity contribution >= 4 is 35.4 Å². The Morgan fingerprint density at radius 1 is 0.636 bits per heavy atom. The van der Waals surface area contributed by atoms with E-state index in [0.29, 0.717) is 0 Å². The smallest absolute Gasteiger partial charge is 0.404 e. The monoisotopic (exact) mass is 628 g/mol. The van der Waals surface area contributed by atoms with Gasteiger partial charge in [-0.15, -0.1) is 0 Å². The van der Waals surface area contributed by atoms with E-state index < -0.39 is 56.1 Å². The third-order valence-corrected chi connectivity index (χ3v) is 5.82. The molecule has 0 radical (unpaired) electrons. The molecule has 44 heavy (non-hydrogen) atoms. The molecule has 4 amide bonds. The SMILES string of the molecule is CC(C)(C)c1c(OCCC(=O)NCCNC(=O)O)c(OCCC(=O)NCCNC(=O)O)c(C(C)(C)C)c([N+](=O)[O-])c1[N+](=O)[O-]. The van der Waals surface area contributed by atoms with Crippen molar-refractivity contribution in [1.82, 2.24) is 21.3 Å². The maximum absolute atomic E-state index is 12.4. The first-order valence-corrected chi connectivity index (χ1v) is 13.5. The molecule has 1 rings (SSSR count). The van der Waals surface area contributed by atoms with Gasteiger partial charge in [0.15, 0.2) is 11.5 Å². The lowest BCUT2D eigenvalue weighted by molar-refractivity contribution is -0.424. The van der Waals surface area contributed by atoms with Crippen molar-refractivity contribution in [3.8, 4) is 11.5 Å². The molecule has 1 aromatic carbocycles. The second-order valence-electron chi connectivity index (χ2n) is 11.5. The van der Waals surface area contributed by atoms with Gasteiger partial charge in [-0.1, -0.05) is 41.5 Å². The molecule has 0 heterocycles. The van der Waals surface area contributed by atoms with E-state index in [9.17, 15) is 39.4 Å². The lowest BCUT2D eigenvalue weighted by Gasteiger charge is -2.29. The zero-order valence-corrected chi connectivity index (χ0v) is 25.5. The van der Waals surface area contributed by atoms with Crippen molar-refractivity contribution in [2.45, 2.75) is 65.2 Å². The summed E-state index contributed by atoms with van der Waals surface area (Å²) in [6.07, 6.45) is -3.02. The molecule has 0 fully saturated rings. The van der Waals surface area contributed by atoms with Gasteiger partial charge in [0, 0.05) is 26.2 Å². The van der Waals surface area contributed by atoms with Gasteiger partial charge in [0.25, 0.3) is 0 Å². The Hall–Kier alpha value is -4.90. The summed E-state index contributed by atoms with van der Waals surface area (Å²) in [5, 5.41) is 51.2. The first-order chi connectivity index (χ1) is 20.3. The van der Waals surface area contributed by atoms with E-state index >= 15 is 0 Å². The van der Waals surface area contributed by atoms with E-state index in [1.54, 1.807) is 41.5 Å². The van der Waals surface area contributed by atoms with Crippen LogP contribution in [-0.4, -0.2) is 83.5 Å². The van der Waals surface area contributed by atoms with Crippen molar-refractivity contribution in [3.63, 3.8) is 0 Å². The third-order valence-electron chi connectivity index (χ3n) is 5.82. The molecule has 0 aliphatic rings. The minimum absolute atomic E-state index is 0.00164. The van der Waals surface area contributed by atoms with E-state index in [1.807, 2.05) is 0 Å². The van der Waals surface area contributed by atoms with Crippen LogP contribution in [0.2, 0.25) is 0 Å². The number of carbonyl (C=O) groups is 4. The topological polar surface area (TPSA) is 262 Å². The Bertz CT molecular complexity index is 1160. The molecule has 18 heteroatoms. The van der Waals surface area contributed by atoms with E-state index in [-0.39, 0.29) is 74.9 Å². The molecule has 0 unspecified atom stereocenters. The van der Waals surface area contributed by atoms with E-state index in [0.717, 1.165) is 0 Å². The Labute approximate surface area is 253 Å². The number of amides is 4. The fourth-order valence-electron chi connectivity index (χ4n) is 4.11. The lowest BCUT2D eigenvalue weighted by Crippen LogP contribution is -2.34. The molecular formula is C26H40N6O12. The van der Waals surface area contributed by atoms with Crippen LogP contribution < -0.4 is 30.7 Å². The number of hydrogen-bond acceptors (Lipinski definition) is 10. The minimum atomic E-state index is -1.26. The summed E-state index contributed by atoms with van der Waals surface area (Å²) < 4.78 is 11.9. The van der Waals surface area contributed by atoms with Crippen LogP contribution in [-0.2, 0) is 20.4 Å². The minimum Gasteiger partial charge on any atom is -0.489 e. The quantitative estimate of drug-likeness (QED) is 0.0875. The summed E-state index contributed by atoms with van der Waals surface area (Å²) in [5.41, 5.74) is -4.07. The second-order valence-corrected chi connectivity index (χ2v) is 11.5. The Morgan fingerprint density at radius 3 is 1.18 bits per heavy atom. The number of nitrogens with zero attached hydrogens (tertiary/aromatic N) is 2. The zero-order valence-electron chi connectivity index (χ0n) is 25.5. The van der Waals surface area contributed by atoms with Crippen LogP contribution in [0.1, 0.15) is 65.5 Å². The Balaban J connectivity index is 3.56. The number of ether oxygens (including phenoxy) is 2. The normalized spacial score (nSPS) is 11.2. The highest BCUT2D eigenvalue weighted by Crippen LogP contribution is 2.55. The summed E-state index contributed by atoms with van der Waals surface area (Å²) >= 11 is 0. The van der Waals surface area contributed by atoms with Gasteiger partial charge in [0.1, 0.15) is 0 Å². The fourth-order valence-corrected chi connectivity index (χ4v) is 4.11.